The third-order valence-corrected chi connectivity index (χ3v) is 3.58. The zero-order valence-electron chi connectivity index (χ0n) is 13.7. The smallest absolute Gasteiger partial charge is 0.216 e. The van der Waals surface area contributed by atoms with Gasteiger partial charge in [-0.2, -0.15) is 0 Å². The van der Waals surface area contributed by atoms with E-state index in [2.05, 4.69) is 22.5 Å². The number of hydrogen-bond acceptors (Lipinski definition) is 3. The van der Waals surface area contributed by atoms with Gasteiger partial charge in [0.05, 0.1) is 5.69 Å². The molecule has 1 unspecified atom stereocenters. The fraction of sp³-hybridized carbons (Fsp3) is 0.333. The number of aromatic nitrogens is 1. The van der Waals surface area contributed by atoms with Crippen molar-refractivity contribution in [2.75, 3.05) is 18.4 Å². The van der Waals surface area contributed by atoms with Crippen LogP contribution in [-0.2, 0) is 4.79 Å². The van der Waals surface area contributed by atoms with E-state index in [1.807, 2.05) is 18.2 Å². The van der Waals surface area contributed by atoms with Crippen LogP contribution in [0.25, 0.3) is 11.3 Å². The van der Waals surface area contributed by atoms with E-state index in [1.54, 1.807) is 19.2 Å². The second kappa shape index (κ2) is 7.72. The Balaban J connectivity index is 2.02. The van der Waals surface area contributed by atoms with Gasteiger partial charge in [0.1, 0.15) is 5.82 Å². The normalized spacial score (nSPS) is 11.8. The molecule has 122 valence electrons. The lowest BCUT2D eigenvalue weighted by Gasteiger charge is -2.14. The van der Waals surface area contributed by atoms with Gasteiger partial charge in [-0.25, -0.2) is 4.39 Å². The van der Waals surface area contributed by atoms with Crippen LogP contribution in [0.1, 0.15) is 19.4 Å². The van der Waals surface area contributed by atoms with Crippen molar-refractivity contribution in [3.8, 4) is 11.3 Å². The molecule has 0 spiro atoms. The van der Waals surface area contributed by atoms with Crippen molar-refractivity contribution in [3.63, 3.8) is 0 Å². The van der Waals surface area contributed by atoms with Gasteiger partial charge in [0.2, 0.25) is 5.91 Å². The molecular formula is C18H22FN3O. The molecule has 0 aliphatic heterocycles. The first-order valence-corrected chi connectivity index (χ1v) is 7.66. The zero-order valence-corrected chi connectivity index (χ0v) is 13.7. The summed E-state index contributed by atoms with van der Waals surface area (Å²) < 4.78 is 13.7. The number of nitrogens with zero attached hydrogens (tertiary/aromatic N) is 1. The first kappa shape index (κ1) is 16.9. The molecule has 1 aromatic heterocycles. The van der Waals surface area contributed by atoms with E-state index in [9.17, 15) is 9.18 Å². The van der Waals surface area contributed by atoms with Crippen LogP contribution in [0.3, 0.4) is 0 Å². The molecule has 0 fully saturated rings. The van der Waals surface area contributed by atoms with Crippen LogP contribution >= 0.6 is 0 Å². The van der Waals surface area contributed by atoms with E-state index >= 15 is 0 Å². The summed E-state index contributed by atoms with van der Waals surface area (Å²) in [7, 11) is 0. The summed E-state index contributed by atoms with van der Waals surface area (Å²) in [5, 5.41) is 6.12. The molecule has 2 N–H and O–H groups in total. The largest absolute Gasteiger partial charge is 0.385 e. The van der Waals surface area contributed by atoms with Gasteiger partial charge in [-0.3, -0.25) is 9.78 Å². The highest BCUT2D eigenvalue weighted by atomic mass is 19.1. The summed E-state index contributed by atoms with van der Waals surface area (Å²) in [4.78, 5) is 15.2. The topological polar surface area (TPSA) is 54.0 Å². The van der Waals surface area contributed by atoms with Crippen molar-refractivity contribution in [1.82, 2.24) is 10.3 Å². The Morgan fingerprint density at radius 1 is 1.26 bits per heavy atom. The number of aryl methyl sites for hydroxylation is 1. The van der Waals surface area contributed by atoms with Crippen LogP contribution in [0.2, 0.25) is 0 Å². The van der Waals surface area contributed by atoms with Crippen molar-refractivity contribution in [1.29, 1.82) is 0 Å². The lowest BCUT2D eigenvalue weighted by atomic mass is 10.1. The third kappa shape index (κ3) is 5.06. The van der Waals surface area contributed by atoms with Gasteiger partial charge in [0.15, 0.2) is 0 Å². The predicted molar refractivity (Wildman–Crippen MR) is 90.7 cm³/mol. The molecule has 0 aliphatic carbocycles. The Kier molecular flexibility index (Phi) is 5.68. The van der Waals surface area contributed by atoms with Crippen molar-refractivity contribution < 1.29 is 9.18 Å². The zero-order chi connectivity index (χ0) is 16.8. The van der Waals surface area contributed by atoms with E-state index in [0.29, 0.717) is 18.0 Å². The highest BCUT2D eigenvalue weighted by molar-refractivity contribution is 5.72. The Hall–Kier alpha value is -2.43. The molecule has 0 aliphatic rings. The molecule has 0 bridgehead atoms. The molecule has 1 heterocycles. The predicted octanol–water partition coefficient (Wildman–Crippen LogP) is 3.38. The van der Waals surface area contributed by atoms with Crippen LogP contribution in [-0.4, -0.2) is 24.0 Å². The van der Waals surface area contributed by atoms with Gasteiger partial charge in [-0.05, 0) is 36.6 Å². The minimum Gasteiger partial charge on any atom is -0.385 e. The second-order valence-corrected chi connectivity index (χ2v) is 5.82. The summed E-state index contributed by atoms with van der Waals surface area (Å²) in [6, 6.07) is 8.89. The van der Waals surface area contributed by atoms with Crippen molar-refractivity contribution in [2.45, 2.75) is 20.8 Å². The number of carbonyl (C=O) groups excluding carboxylic acids is 1. The molecule has 1 aromatic carbocycles. The molecule has 1 amide bonds. The van der Waals surface area contributed by atoms with Crippen LogP contribution in [0.15, 0.2) is 36.5 Å². The maximum atomic E-state index is 13.7. The van der Waals surface area contributed by atoms with Crippen LogP contribution in [0.5, 0.6) is 0 Å². The number of hydrogen-bond donors (Lipinski definition) is 2. The average Bonchev–Trinajstić information content (AvgIpc) is 2.54. The van der Waals surface area contributed by atoms with Gasteiger partial charge in [-0.15, -0.1) is 0 Å². The monoisotopic (exact) mass is 315 g/mol. The van der Waals surface area contributed by atoms with E-state index < -0.39 is 0 Å². The van der Waals surface area contributed by atoms with E-state index in [4.69, 9.17) is 0 Å². The molecule has 23 heavy (non-hydrogen) atoms. The first-order chi connectivity index (χ1) is 11.0. The highest BCUT2D eigenvalue weighted by Crippen LogP contribution is 2.22. The Morgan fingerprint density at radius 3 is 2.74 bits per heavy atom. The lowest BCUT2D eigenvalue weighted by molar-refractivity contribution is -0.119. The molecule has 0 saturated carbocycles. The molecule has 4 nitrogen and oxygen atoms in total. The maximum Gasteiger partial charge on any atom is 0.216 e. The molecule has 0 saturated heterocycles. The van der Waals surface area contributed by atoms with E-state index in [1.165, 1.54) is 13.0 Å². The maximum absolute atomic E-state index is 13.7. The minimum absolute atomic E-state index is 0.0237. The molecule has 1 atom stereocenters. The number of pyridine rings is 1. The Bertz CT molecular complexity index is 688. The number of rotatable bonds is 6. The van der Waals surface area contributed by atoms with E-state index in [0.717, 1.165) is 23.5 Å². The summed E-state index contributed by atoms with van der Waals surface area (Å²) in [5.74, 6) is 0.0448. The van der Waals surface area contributed by atoms with Crippen LogP contribution in [0, 0.1) is 18.7 Å². The lowest BCUT2D eigenvalue weighted by Crippen LogP contribution is -2.29. The van der Waals surface area contributed by atoms with Crippen LogP contribution < -0.4 is 10.6 Å². The SMILES string of the molecule is CC(=O)NCC(C)CNc1ccnc(-c2ccc(C)c(F)c2)c1. The van der Waals surface area contributed by atoms with Gasteiger partial charge in [0, 0.05) is 37.5 Å². The second-order valence-electron chi connectivity index (χ2n) is 5.82. The van der Waals surface area contributed by atoms with Crippen molar-refractivity contribution >= 4 is 11.6 Å². The average molecular weight is 315 g/mol. The van der Waals surface area contributed by atoms with Gasteiger partial charge in [0.25, 0.3) is 0 Å². The number of amides is 1. The fourth-order valence-electron chi connectivity index (χ4n) is 2.13. The number of benzene rings is 1. The van der Waals surface area contributed by atoms with Gasteiger partial charge in [-0.1, -0.05) is 19.1 Å². The quantitative estimate of drug-likeness (QED) is 0.859. The van der Waals surface area contributed by atoms with Crippen molar-refractivity contribution in [3.05, 3.63) is 47.9 Å². The summed E-state index contributed by atoms with van der Waals surface area (Å²) in [6.07, 6.45) is 1.70. The molecule has 5 heteroatoms. The summed E-state index contributed by atoms with van der Waals surface area (Å²) in [6.45, 7) is 6.66. The number of nitrogens with one attached hydrogen (secondary N) is 2. The molecule has 2 rings (SSSR count). The molecule has 0 radical (unpaired) electrons. The standard InChI is InChI=1S/C18H22FN3O/c1-12(10-21-14(3)23)11-22-16-6-7-20-18(9-16)15-5-4-13(2)17(19)8-15/h4-9,12H,10-11H2,1-3H3,(H,20,22)(H,21,23). The van der Waals surface area contributed by atoms with Gasteiger partial charge >= 0.3 is 0 Å². The number of halogens is 1. The first-order valence-electron chi connectivity index (χ1n) is 7.66. The Morgan fingerprint density at radius 2 is 2.04 bits per heavy atom. The van der Waals surface area contributed by atoms with Crippen LogP contribution in [0.4, 0.5) is 10.1 Å². The number of anilines is 1. The van der Waals surface area contributed by atoms with E-state index in [-0.39, 0.29) is 11.7 Å². The molecule has 2 aromatic rings. The van der Waals surface area contributed by atoms with Crippen molar-refractivity contribution in [2.24, 2.45) is 5.92 Å². The molecular weight excluding hydrogens is 293 g/mol. The Labute approximate surface area is 136 Å². The minimum atomic E-state index is -0.230. The summed E-state index contributed by atoms with van der Waals surface area (Å²) in [5.41, 5.74) is 3.02. The highest BCUT2D eigenvalue weighted by Gasteiger charge is 2.06. The summed E-state index contributed by atoms with van der Waals surface area (Å²) >= 11 is 0. The third-order valence-electron chi connectivity index (χ3n) is 3.58. The van der Waals surface area contributed by atoms with Gasteiger partial charge < -0.3 is 10.6 Å². The number of carbonyl (C=O) groups is 1. The fourth-order valence-corrected chi connectivity index (χ4v) is 2.13.